The smallest absolute Gasteiger partial charge is 0.344 e. The molecule has 23 heavy (non-hydrogen) atoms. The Labute approximate surface area is 137 Å². The summed E-state index contributed by atoms with van der Waals surface area (Å²) in [6, 6.07) is 9.36. The molecule has 1 N–H and O–H groups in total. The maximum absolute atomic E-state index is 13.3. The first-order chi connectivity index (χ1) is 11.1. The number of halogens is 1. The van der Waals surface area contributed by atoms with Crippen LogP contribution in [-0.4, -0.2) is 25.1 Å². The molecule has 122 valence electrons. The zero-order chi connectivity index (χ0) is 16.7. The van der Waals surface area contributed by atoms with Crippen LogP contribution in [0.4, 0.5) is 4.39 Å². The number of carbonyl (C=O) groups excluding carboxylic acids is 2. The van der Waals surface area contributed by atoms with Crippen LogP contribution in [0.5, 0.6) is 5.75 Å². The summed E-state index contributed by atoms with van der Waals surface area (Å²) in [6.07, 6.45) is 0. The van der Waals surface area contributed by atoms with Gasteiger partial charge in [0.15, 0.2) is 24.8 Å². The lowest BCUT2D eigenvalue weighted by molar-refractivity contribution is -0.150. The van der Waals surface area contributed by atoms with Gasteiger partial charge in [0.2, 0.25) is 0 Å². The number of amides is 1. The van der Waals surface area contributed by atoms with Crippen LogP contribution >= 0.6 is 11.3 Å². The Morgan fingerprint density at radius 1 is 1.22 bits per heavy atom. The van der Waals surface area contributed by atoms with Crippen LogP contribution in [0, 0.1) is 5.82 Å². The minimum absolute atomic E-state index is 0.0415. The summed E-state index contributed by atoms with van der Waals surface area (Å²) < 4.78 is 23.1. The van der Waals surface area contributed by atoms with E-state index in [4.69, 9.17) is 9.47 Å². The first-order valence-electron chi connectivity index (χ1n) is 6.92. The third-order valence-corrected chi connectivity index (χ3v) is 3.95. The molecule has 1 heterocycles. The van der Waals surface area contributed by atoms with Crippen molar-refractivity contribution < 1.29 is 23.5 Å². The van der Waals surface area contributed by atoms with Crippen molar-refractivity contribution in [3.63, 3.8) is 0 Å². The number of nitrogens with one attached hydrogen (secondary N) is 1. The fourth-order valence-corrected chi connectivity index (χ4v) is 2.51. The monoisotopic (exact) mass is 337 g/mol. The minimum atomic E-state index is -0.743. The van der Waals surface area contributed by atoms with Crippen LogP contribution in [0.3, 0.4) is 0 Å². The van der Waals surface area contributed by atoms with Crippen molar-refractivity contribution in [2.45, 2.75) is 13.0 Å². The van der Waals surface area contributed by atoms with E-state index in [0.29, 0.717) is 0 Å². The van der Waals surface area contributed by atoms with Crippen molar-refractivity contribution in [3.05, 3.63) is 52.5 Å². The largest absolute Gasteiger partial charge is 0.479 e. The summed E-state index contributed by atoms with van der Waals surface area (Å²) >= 11 is 1.53. The molecule has 0 radical (unpaired) electrons. The topological polar surface area (TPSA) is 64.6 Å². The molecule has 0 spiro atoms. The maximum atomic E-state index is 13.3. The highest BCUT2D eigenvalue weighted by molar-refractivity contribution is 7.10. The van der Waals surface area contributed by atoms with Gasteiger partial charge in [-0.15, -0.1) is 11.3 Å². The van der Waals surface area contributed by atoms with Crippen LogP contribution in [0.15, 0.2) is 41.8 Å². The molecule has 0 aliphatic heterocycles. The van der Waals surface area contributed by atoms with Crippen molar-refractivity contribution in [1.29, 1.82) is 0 Å². The van der Waals surface area contributed by atoms with E-state index in [1.807, 2.05) is 24.4 Å². The second kappa shape index (κ2) is 8.28. The van der Waals surface area contributed by atoms with E-state index in [9.17, 15) is 14.0 Å². The van der Waals surface area contributed by atoms with E-state index in [1.165, 1.54) is 29.5 Å². The van der Waals surface area contributed by atoms with Gasteiger partial charge < -0.3 is 14.8 Å². The molecule has 2 rings (SSSR count). The quantitative estimate of drug-likeness (QED) is 0.789. The van der Waals surface area contributed by atoms with Crippen LogP contribution in [-0.2, 0) is 14.3 Å². The summed E-state index contributed by atoms with van der Waals surface area (Å²) in [4.78, 5) is 24.2. The second-order valence-corrected chi connectivity index (χ2v) is 5.66. The Hall–Kier alpha value is -2.41. The molecule has 0 saturated carbocycles. The minimum Gasteiger partial charge on any atom is -0.479 e. The standard InChI is InChI=1S/C16H16FNO4S/c1-11(14-7-4-8-23-14)18-15(19)9-22-16(20)10-21-13-6-3-2-5-12(13)17/h2-8,11H,9-10H2,1H3,(H,18,19)/t11-/m0/s1. The van der Waals surface area contributed by atoms with Crippen LogP contribution in [0.25, 0.3) is 0 Å². The molecular weight excluding hydrogens is 321 g/mol. The van der Waals surface area contributed by atoms with Gasteiger partial charge in [-0.2, -0.15) is 0 Å². The molecule has 1 amide bonds. The highest BCUT2D eigenvalue weighted by atomic mass is 32.1. The predicted molar refractivity (Wildman–Crippen MR) is 83.7 cm³/mol. The van der Waals surface area contributed by atoms with E-state index in [2.05, 4.69) is 5.32 Å². The molecule has 2 aromatic rings. The van der Waals surface area contributed by atoms with Crippen LogP contribution < -0.4 is 10.1 Å². The third-order valence-electron chi connectivity index (χ3n) is 2.89. The van der Waals surface area contributed by atoms with Crippen molar-refractivity contribution in [3.8, 4) is 5.75 Å². The molecule has 0 unspecified atom stereocenters. The predicted octanol–water partition coefficient (Wildman–Crippen LogP) is 2.69. The average molecular weight is 337 g/mol. The molecule has 1 aromatic carbocycles. The maximum Gasteiger partial charge on any atom is 0.344 e. The Morgan fingerprint density at radius 3 is 2.70 bits per heavy atom. The van der Waals surface area contributed by atoms with Gasteiger partial charge in [0.25, 0.3) is 5.91 Å². The zero-order valence-corrected chi connectivity index (χ0v) is 13.3. The van der Waals surface area contributed by atoms with Crippen LogP contribution in [0.2, 0.25) is 0 Å². The van der Waals surface area contributed by atoms with Crippen molar-refractivity contribution in [2.24, 2.45) is 0 Å². The third kappa shape index (κ3) is 5.37. The van der Waals surface area contributed by atoms with Gasteiger partial charge in [-0.05, 0) is 30.5 Å². The van der Waals surface area contributed by atoms with Crippen molar-refractivity contribution >= 4 is 23.2 Å². The molecule has 1 atom stereocenters. The molecule has 7 heteroatoms. The van der Waals surface area contributed by atoms with Gasteiger partial charge in [-0.1, -0.05) is 18.2 Å². The number of carbonyl (C=O) groups is 2. The van der Waals surface area contributed by atoms with Crippen molar-refractivity contribution in [2.75, 3.05) is 13.2 Å². The molecule has 0 aliphatic carbocycles. The second-order valence-electron chi connectivity index (χ2n) is 4.68. The van der Waals surface area contributed by atoms with E-state index in [0.717, 1.165) is 4.88 Å². The van der Waals surface area contributed by atoms with E-state index in [-0.39, 0.29) is 11.8 Å². The molecule has 5 nitrogen and oxygen atoms in total. The summed E-state index contributed by atoms with van der Waals surface area (Å²) in [5, 5.41) is 4.63. The lowest BCUT2D eigenvalue weighted by atomic mass is 10.3. The Kier molecular flexibility index (Phi) is 6.10. The number of esters is 1. The van der Waals surface area contributed by atoms with E-state index in [1.54, 1.807) is 6.07 Å². The number of hydrogen-bond acceptors (Lipinski definition) is 5. The Morgan fingerprint density at radius 2 is 2.00 bits per heavy atom. The Bertz CT molecular complexity index is 660. The summed E-state index contributed by atoms with van der Waals surface area (Å²) in [5.74, 6) is -1.76. The zero-order valence-electron chi connectivity index (χ0n) is 12.5. The molecule has 0 fully saturated rings. The lowest BCUT2D eigenvalue weighted by Crippen LogP contribution is -2.31. The van der Waals surface area contributed by atoms with E-state index < -0.39 is 30.9 Å². The van der Waals surface area contributed by atoms with Gasteiger partial charge >= 0.3 is 5.97 Å². The van der Waals surface area contributed by atoms with Crippen molar-refractivity contribution in [1.82, 2.24) is 5.32 Å². The molecular formula is C16H16FNO4S. The molecule has 0 aliphatic rings. The van der Waals surface area contributed by atoms with Gasteiger partial charge in [-0.25, -0.2) is 9.18 Å². The molecule has 1 aromatic heterocycles. The fraction of sp³-hybridized carbons (Fsp3) is 0.250. The number of thiophene rings is 1. The fourth-order valence-electron chi connectivity index (χ4n) is 1.78. The van der Waals surface area contributed by atoms with Gasteiger partial charge in [0.1, 0.15) is 0 Å². The molecule has 0 bridgehead atoms. The van der Waals surface area contributed by atoms with Crippen LogP contribution in [0.1, 0.15) is 17.8 Å². The van der Waals surface area contributed by atoms with Gasteiger partial charge in [-0.3, -0.25) is 4.79 Å². The number of para-hydroxylation sites is 1. The SMILES string of the molecule is C[C@H](NC(=O)COC(=O)COc1ccccc1F)c1cccs1. The number of rotatable bonds is 7. The Balaban J connectivity index is 1.70. The molecule has 0 saturated heterocycles. The highest BCUT2D eigenvalue weighted by Gasteiger charge is 2.13. The normalized spacial score (nSPS) is 11.6. The summed E-state index contributed by atoms with van der Waals surface area (Å²) in [6.45, 7) is 0.969. The van der Waals surface area contributed by atoms with Gasteiger partial charge in [0.05, 0.1) is 6.04 Å². The highest BCUT2D eigenvalue weighted by Crippen LogP contribution is 2.18. The first-order valence-corrected chi connectivity index (χ1v) is 7.80. The number of hydrogen-bond donors (Lipinski definition) is 1. The van der Waals surface area contributed by atoms with E-state index >= 15 is 0 Å². The average Bonchev–Trinajstić information content (AvgIpc) is 3.06. The number of benzene rings is 1. The first kappa shape index (κ1) is 17.0. The summed E-state index contributed by atoms with van der Waals surface area (Å²) in [7, 11) is 0. The summed E-state index contributed by atoms with van der Waals surface area (Å²) in [5.41, 5.74) is 0. The van der Waals surface area contributed by atoms with Gasteiger partial charge in [0, 0.05) is 4.88 Å². The number of ether oxygens (including phenoxy) is 2. The lowest BCUT2D eigenvalue weighted by Gasteiger charge is -2.12.